The van der Waals surface area contributed by atoms with Crippen LogP contribution in [0.3, 0.4) is 0 Å². The van der Waals surface area contributed by atoms with E-state index in [1.165, 1.54) is 35.2 Å². The van der Waals surface area contributed by atoms with E-state index in [0.29, 0.717) is 0 Å². The van der Waals surface area contributed by atoms with E-state index in [1.54, 1.807) is 18.2 Å². The third-order valence-corrected chi connectivity index (χ3v) is 10.2. The number of para-hydroxylation sites is 1. The van der Waals surface area contributed by atoms with E-state index in [0.717, 1.165) is 59.2 Å². The lowest BCUT2D eigenvalue weighted by Crippen LogP contribution is -2.55. The number of rotatable bonds is 12. The molecule has 4 aromatic rings. The molecule has 1 atom stereocenters. The van der Waals surface area contributed by atoms with Gasteiger partial charge in [-0.1, -0.05) is 110 Å². The van der Waals surface area contributed by atoms with Crippen molar-refractivity contribution >= 4 is 27.5 Å². The number of carbonyl (C=O) groups excluding carboxylic acids is 2. The Morgan fingerprint density at radius 1 is 0.804 bits per heavy atom. The molecule has 46 heavy (non-hydrogen) atoms. The molecule has 2 amide bonds. The Bertz CT molecular complexity index is 1710. The van der Waals surface area contributed by atoms with E-state index < -0.39 is 34.3 Å². The summed E-state index contributed by atoms with van der Waals surface area (Å²) in [6.07, 6.45) is 5.13. The molecule has 0 saturated heterocycles. The molecular weight excluding hydrogens is 601 g/mol. The van der Waals surface area contributed by atoms with Gasteiger partial charge in [0, 0.05) is 19.0 Å². The van der Waals surface area contributed by atoms with E-state index in [1.807, 2.05) is 61.5 Å². The van der Waals surface area contributed by atoms with Crippen LogP contribution in [0.4, 0.5) is 10.1 Å². The van der Waals surface area contributed by atoms with Crippen LogP contribution in [0.1, 0.15) is 48.8 Å². The van der Waals surface area contributed by atoms with Crippen molar-refractivity contribution in [3.05, 3.63) is 132 Å². The van der Waals surface area contributed by atoms with Crippen LogP contribution in [0, 0.1) is 12.7 Å². The zero-order valence-electron chi connectivity index (χ0n) is 26.0. The van der Waals surface area contributed by atoms with Crippen LogP contribution in [0.25, 0.3) is 0 Å². The monoisotopic (exact) mass is 641 g/mol. The third kappa shape index (κ3) is 8.20. The Morgan fingerprint density at radius 3 is 2.07 bits per heavy atom. The summed E-state index contributed by atoms with van der Waals surface area (Å²) in [7, 11) is -4.37. The van der Waals surface area contributed by atoms with Gasteiger partial charge in [-0.3, -0.25) is 13.9 Å². The number of nitrogens with one attached hydrogen (secondary N) is 1. The summed E-state index contributed by atoms with van der Waals surface area (Å²) in [5.74, 6) is -1.70. The van der Waals surface area contributed by atoms with Crippen LogP contribution in [0.2, 0.25) is 0 Å². The number of nitrogens with zero attached hydrogens (tertiary/aromatic N) is 2. The smallest absolute Gasteiger partial charge is 0.264 e. The minimum atomic E-state index is -4.37. The highest BCUT2D eigenvalue weighted by Crippen LogP contribution is 2.27. The van der Waals surface area contributed by atoms with Gasteiger partial charge in [-0.15, -0.1) is 0 Å². The molecule has 4 aromatic carbocycles. The van der Waals surface area contributed by atoms with Crippen LogP contribution in [-0.2, 0) is 32.6 Å². The first-order valence-electron chi connectivity index (χ1n) is 15.7. The molecule has 0 aromatic heterocycles. The summed E-state index contributed by atoms with van der Waals surface area (Å²) in [6, 6.07) is 29.3. The summed E-state index contributed by atoms with van der Waals surface area (Å²) in [5.41, 5.74) is 2.43. The number of sulfonamides is 1. The Morgan fingerprint density at radius 2 is 1.41 bits per heavy atom. The van der Waals surface area contributed by atoms with Gasteiger partial charge in [0.25, 0.3) is 10.0 Å². The van der Waals surface area contributed by atoms with Crippen molar-refractivity contribution in [1.29, 1.82) is 0 Å². The number of amides is 2. The largest absolute Gasteiger partial charge is 0.352 e. The molecule has 5 rings (SSSR count). The summed E-state index contributed by atoms with van der Waals surface area (Å²) in [4.78, 5) is 30.0. The zero-order chi connectivity index (χ0) is 32.5. The van der Waals surface area contributed by atoms with Crippen LogP contribution in [-0.4, -0.2) is 43.8 Å². The normalized spacial score (nSPS) is 14.3. The molecule has 0 bridgehead atoms. The lowest BCUT2D eigenvalue weighted by molar-refractivity contribution is -0.140. The van der Waals surface area contributed by atoms with Gasteiger partial charge in [-0.2, -0.15) is 0 Å². The Labute approximate surface area is 271 Å². The average Bonchev–Trinajstić information content (AvgIpc) is 3.07. The Kier molecular flexibility index (Phi) is 10.9. The maximum Gasteiger partial charge on any atom is 0.264 e. The minimum absolute atomic E-state index is 0.00391. The second-order valence-electron chi connectivity index (χ2n) is 11.8. The van der Waals surface area contributed by atoms with Gasteiger partial charge in [-0.25, -0.2) is 12.8 Å². The molecule has 1 fully saturated rings. The highest BCUT2D eigenvalue weighted by atomic mass is 32.2. The highest BCUT2D eigenvalue weighted by Gasteiger charge is 2.36. The Hall–Kier alpha value is -4.50. The molecule has 0 heterocycles. The van der Waals surface area contributed by atoms with Crippen LogP contribution >= 0.6 is 0 Å². The standard InChI is InChI=1S/C37H40FN3O4S/c1-28-21-23-30(24-22-28)26-40(35(25-29-13-5-2-6-14-29)37(43)39-31-15-7-3-8-16-31)36(42)27-41(34-20-12-11-19-33(34)38)46(44,45)32-17-9-4-10-18-32/h2,4-6,9-14,17-24,31,35H,3,7-8,15-16,25-27H2,1H3,(H,39,43). The fourth-order valence-electron chi connectivity index (χ4n) is 5.88. The average molecular weight is 642 g/mol. The molecule has 0 aliphatic heterocycles. The fraction of sp³-hybridized carbons (Fsp3) is 0.297. The summed E-state index contributed by atoms with van der Waals surface area (Å²) in [6.45, 7) is 1.32. The number of hydrogen-bond acceptors (Lipinski definition) is 4. The highest BCUT2D eigenvalue weighted by molar-refractivity contribution is 7.92. The van der Waals surface area contributed by atoms with Gasteiger partial charge < -0.3 is 10.2 Å². The molecule has 0 radical (unpaired) electrons. The second kappa shape index (κ2) is 15.2. The zero-order valence-corrected chi connectivity index (χ0v) is 26.8. The molecule has 1 N–H and O–H groups in total. The lowest BCUT2D eigenvalue weighted by Gasteiger charge is -2.35. The molecule has 7 nitrogen and oxygen atoms in total. The van der Waals surface area contributed by atoms with E-state index in [-0.39, 0.29) is 35.5 Å². The van der Waals surface area contributed by atoms with Gasteiger partial charge in [0.15, 0.2) is 0 Å². The van der Waals surface area contributed by atoms with Crippen molar-refractivity contribution in [3.8, 4) is 0 Å². The van der Waals surface area contributed by atoms with Crippen molar-refractivity contribution in [1.82, 2.24) is 10.2 Å². The molecule has 0 spiro atoms. The van der Waals surface area contributed by atoms with Gasteiger partial charge in [0.2, 0.25) is 11.8 Å². The van der Waals surface area contributed by atoms with Crippen LogP contribution in [0.15, 0.2) is 114 Å². The van der Waals surface area contributed by atoms with Gasteiger partial charge >= 0.3 is 0 Å². The van der Waals surface area contributed by atoms with Crippen molar-refractivity contribution in [2.24, 2.45) is 0 Å². The van der Waals surface area contributed by atoms with Gasteiger partial charge in [-0.05, 0) is 55.2 Å². The molecule has 1 unspecified atom stereocenters. The topological polar surface area (TPSA) is 86.8 Å². The first-order valence-corrected chi connectivity index (χ1v) is 17.2. The van der Waals surface area contributed by atoms with E-state index in [4.69, 9.17) is 0 Å². The number of hydrogen-bond donors (Lipinski definition) is 1. The van der Waals surface area contributed by atoms with Crippen LogP contribution < -0.4 is 9.62 Å². The minimum Gasteiger partial charge on any atom is -0.352 e. The summed E-state index contributed by atoms with van der Waals surface area (Å²) >= 11 is 0. The van der Waals surface area contributed by atoms with E-state index >= 15 is 4.39 Å². The molecule has 1 aliphatic rings. The number of halogens is 1. The van der Waals surface area contributed by atoms with Crippen molar-refractivity contribution in [3.63, 3.8) is 0 Å². The SMILES string of the molecule is Cc1ccc(CN(C(=O)CN(c2ccccc2F)S(=O)(=O)c2ccccc2)C(Cc2ccccc2)C(=O)NC2CCCCC2)cc1. The number of aryl methyl sites for hydroxylation is 1. The van der Waals surface area contributed by atoms with Gasteiger partial charge in [0.1, 0.15) is 18.4 Å². The van der Waals surface area contributed by atoms with E-state index in [2.05, 4.69) is 5.32 Å². The second-order valence-corrected chi connectivity index (χ2v) is 13.7. The molecule has 240 valence electrons. The predicted octanol–water partition coefficient (Wildman–Crippen LogP) is 6.42. The van der Waals surface area contributed by atoms with Gasteiger partial charge in [0.05, 0.1) is 10.6 Å². The van der Waals surface area contributed by atoms with Crippen LogP contribution in [0.5, 0.6) is 0 Å². The maximum atomic E-state index is 15.3. The molecular formula is C37H40FN3O4S. The lowest BCUT2D eigenvalue weighted by atomic mass is 9.94. The predicted molar refractivity (Wildman–Crippen MR) is 178 cm³/mol. The fourth-order valence-corrected chi connectivity index (χ4v) is 7.32. The first kappa shape index (κ1) is 32.9. The number of anilines is 1. The Balaban J connectivity index is 1.56. The quantitative estimate of drug-likeness (QED) is 0.194. The maximum absolute atomic E-state index is 15.3. The van der Waals surface area contributed by atoms with Crippen molar-refractivity contribution < 1.29 is 22.4 Å². The molecule has 1 saturated carbocycles. The molecule has 9 heteroatoms. The first-order chi connectivity index (χ1) is 22.2. The van der Waals surface area contributed by atoms with Crippen molar-refractivity contribution in [2.45, 2.75) is 69.0 Å². The van der Waals surface area contributed by atoms with E-state index in [9.17, 15) is 18.0 Å². The number of carbonyl (C=O) groups is 2. The third-order valence-electron chi connectivity index (χ3n) is 8.43. The van der Waals surface area contributed by atoms with Crippen molar-refractivity contribution in [2.75, 3.05) is 10.8 Å². The summed E-state index contributed by atoms with van der Waals surface area (Å²) in [5, 5.41) is 3.19. The summed E-state index contributed by atoms with van der Waals surface area (Å²) < 4.78 is 44.1. The molecule has 1 aliphatic carbocycles. The number of benzene rings is 4.